The molecular formula is C18H29NOSi. The highest BCUT2D eigenvalue weighted by molar-refractivity contribution is 6.74. The van der Waals surface area contributed by atoms with Crippen LogP contribution in [0, 0.1) is 6.92 Å². The van der Waals surface area contributed by atoms with Crippen molar-refractivity contribution < 1.29 is 4.43 Å². The third kappa shape index (κ3) is 4.78. The zero-order chi connectivity index (χ0) is 16.3. The molecule has 3 heteroatoms. The molecule has 1 aromatic carbocycles. The van der Waals surface area contributed by atoms with Crippen LogP contribution in [0.4, 0.5) is 5.69 Å². The largest absolute Gasteiger partial charge is 0.545 e. The molecule has 21 heavy (non-hydrogen) atoms. The maximum absolute atomic E-state index is 6.26. The molecule has 0 aliphatic heterocycles. The van der Waals surface area contributed by atoms with Gasteiger partial charge in [0.25, 0.3) is 0 Å². The van der Waals surface area contributed by atoms with Gasteiger partial charge in [0.2, 0.25) is 8.32 Å². The first-order valence-corrected chi connectivity index (χ1v) is 10.3. The molecule has 0 amide bonds. The number of nitrogens with one attached hydrogen (secondary N) is 1. The van der Waals surface area contributed by atoms with Crippen LogP contribution < -0.4 is 5.32 Å². The van der Waals surface area contributed by atoms with E-state index >= 15 is 0 Å². The van der Waals surface area contributed by atoms with Crippen molar-refractivity contribution in [2.24, 2.45) is 0 Å². The van der Waals surface area contributed by atoms with Gasteiger partial charge in [-0.15, -0.1) is 6.58 Å². The lowest BCUT2D eigenvalue weighted by Crippen LogP contribution is -2.42. The van der Waals surface area contributed by atoms with E-state index < -0.39 is 8.32 Å². The number of benzene rings is 1. The Balaban J connectivity index is 2.78. The Kier molecular flexibility index (Phi) is 5.46. The van der Waals surface area contributed by atoms with Crippen molar-refractivity contribution in [3.63, 3.8) is 0 Å². The Labute approximate surface area is 131 Å². The quantitative estimate of drug-likeness (QED) is 0.426. The number of aryl methyl sites for hydroxylation is 1. The van der Waals surface area contributed by atoms with Gasteiger partial charge in [0.15, 0.2) is 0 Å². The first-order valence-electron chi connectivity index (χ1n) is 7.40. The van der Waals surface area contributed by atoms with Gasteiger partial charge in [-0.2, -0.15) is 0 Å². The van der Waals surface area contributed by atoms with E-state index in [9.17, 15) is 0 Å². The van der Waals surface area contributed by atoms with Gasteiger partial charge in [0.05, 0.1) is 11.8 Å². The maximum atomic E-state index is 6.26. The van der Waals surface area contributed by atoms with Crippen LogP contribution in [0.3, 0.4) is 0 Å². The summed E-state index contributed by atoms with van der Waals surface area (Å²) in [6.45, 7) is 21.2. The molecule has 0 aliphatic rings. The zero-order valence-electron chi connectivity index (χ0n) is 14.3. The molecule has 0 bridgehead atoms. The molecule has 2 nitrogen and oxygen atoms in total. The van der Waals surface area contributed by atoms with Crippen LogP contribution in [-0.2, 0) is 4.43 Å². The van der Waals surface area contributed by atoms with Crippen molar-refractivity contribution in [2.45, 2.75) is 51.9 Å². The third-order valence-electron chi connectivity index (χ3n) is 4.15. The Morgan fingerprint density at radius 3 is 2.19 bits per heavy atom. The van der Waals surface area contributed by atoms with E-state index in [0.717, 1.165) is 11.4 Å². The summed E-state index contributed by atoms with van der Waals surface area (Å²) in [5.41, 5.74) is 2.29. The SMILES string of the molecule is C=C[C@H](Nc1ccc(C)cc1)C(=C)O[Si](C)(C)C(C)(C)C. The molecule has 0 aliphatic carbocycles. The summed E-state index contributed by atoms with van der Waals surface area (Å²) in [6.07, 6.45) is 1.84. The minimum absolute atomic E-state index is 0.0816. The van der Waals surface area contributed by atoms with Crippen molar-refractivity contribution in [3.05, 3.63) is 54.8 Å². The molecule has 1 N–H and O–H groups in total. The summed E-state index contributed by atoms with van der Waals surface area (Å²) in [7, 11) is -1.86. The van der Waals surface area contributed by atoms with E-state index in [-0.39, 0.29) is 11.1 Å². The van der Waals surface area contributed by atoms with Gasteiger partial charge in [-0.1, -0.05) is 51.1 Å². The lowest BCUT2D eigenvalue weighted by Gasteiger charge is -2.38. The molecular weight excluding hydrogens is 274 g/mol. The molecule has 1 rings (SSSR count). The smallest absolute Gasteiger partial charge is 0.250 e. The molecule has 0 spiro atoms. The van der Waals surface area contributed by atoms with Crippen LogP contribution in [0.2, 0.25) is 18.1 Å². The van der Waals surface area contributed by atoms with E-state index in [1.165, 1.54) is 5.56 Å². The molecule has 116 valence electrons. The van der Waals surface area contributed by atoms with Crippen molar-refractivity contribution in [2.75, 3.05) is 5.32 Å². The summed E-state index contributed by atoms with van der Waals surface area (Å²) >= 11 is 0. The number of hydrogen-bond acceptors (Lipinski definition) is 2. The first kappa shape index (κ1) is 17.6. The summed E-state index contributed by atoms with van der Waals surface area (Å²) < 4.78 is 6.26. The zero-order valence-corrected chi connectivity index (χ0v) is 15.3. The third-order valence-corrected chi connectivity index (χ3v) is 8.53. The van der Waals surface area contributed by atoms with E-state index in [2.05, 4.69) is 83.5 Å². The fourth-order valence-corrected chi connectivity index (χ4v) is 2.73. The van der Waals surface area contributed by atoms with E-state index in [1.807, 2.05) is 6.08 Å². The minimum atomic E-state index is -1.86. The fraction of sp³-hybridized carbons (Fsp3) is 0.444. The molecule has 0 saturated carbocycles. The van der Waals surface area contributed by atoms with Crippen molar-refractivity contribution >= 4 is 14.0 Å². The standard InChI is InChI=1S/C18H29NOSi/c1-9-17(19-16-12-10-14(2)11-13-16)15(3)20-21(7,8)18(4,5)6/h9-13,17,19H,1,3H2,2,4-8H3/t17-/m0/s1. The molecule has 0 fully saturated rings. The number of hydrogen-bond donors (Lipinski definition) is 1. The van der Waals surface area contributed by atoms with Crippen molar-refractivity contribution in [3.8, 4) is 0 Å². The van der Waals surface area contributed by atoms with Crippen LogP contribution in [-0.4, -0.2) is 14.4 Å². The van der Waals surface area contributed by atoms with Crippen molar-refractivity contribution in [1.82, 2.24) is 0 Å². The van der Waals surface area contributed by atoms with E-state index in [0.29, 0.717) is 0 Å². The molecule has 0 radical (unpaired) electrons. The second kappa shape index (κ2) is 6.52. The average molecular weight is 304 g/mol. The van der Waals surface area contributed by atoms with Crippen LogP contribution in [0.15, 0.2) is 49.3 Å². The normalized spacial score (nSPS) is 13.4. The molecule has 1 atom stereocenters. The highest BCUT2D eigenvalue weighted by Crippen LogP contribution is 2.38. The van der Waals surface area contributed by atoms with Gasteiger partial charge in [-0.25, -0.2) is 0 Å². The molecule has 0 heterocycles. The Morgan fingerprint density at radius 1 is 1.24 bits per heavy atom. The van der Waals surface area contributed by atoms with Crippen LogP contribution in [0.1, 0.15) is 26.3 Å². The summed E-state index contributed by atoms with van der Waals surface area (Å²) in [6, 6.07) is 8.21. The van der Waals surface area contributed by atoms with Gasteiger partial charge in [-0.05, 0) is 37.2 Å². The average Bonchev–Trinajstić information content (AvgIpc) is 2.36. The van der Waals surface area contributed by atoms with E-state index in [1.54, 1.807) is 0 Å². The predicted molar refractivity (Wildman–Crippen MR) is 96.2 cm³/mol. The van der Waals surface area contributed by atoms with Gasteiger partial charge in [0.1, 0.15) is 0 Å². The highest BCUT2D eigenvalue weighted by atomic mass is 28.4. The number of rotatable bonds is 6. The van der Waals surface area contributed by atoms with Gasteiger partial charge >= 0.3 is 0 Å². The Hall–Kier alpha value is -1.48. The minimum Gasteiger partial charge on any atom is -0.545 e. The highest BCUT2D eigenvalue weighted by Gasteiger charge is 2.39. The van der Waals surface area contributed by atoms with Crippen LogP contribution in [0.5, 0.6) is 0 Å². The number of anilines is 1. The Bertz CT molecular complexity index is 497. The van der Waals surface area contributed by atoms with E-state index in [4.69, 9.17) is 4.43 Å². The van der Waals surface area contributed by atoms with Crippen LogP contribution in [0.25, 0.3) is 0 Å². The van der Waals surface area contributed by atoms with Gasteiger partial charge in [-0.3, -0.25) is 0 Å². The predicted octanol–water partition coefficient (Wildman–Crippen LogP) is 5.50. The lowest BCUT2D eigenvalue weighted by atomic mass is 10.2. The lowest BCUT2D eigenvalue weighted by molar-refractivity contribution is 0.370. The monoisotopic (exact) mass is 303 g/mol. The Morgan fingerprint density at radius 2 is 1.76 bits per heavy atom. The summed E-state index contributed by atoms with van der Waals surface area (Å²) in [4.78, 5) is 0. The second-order valence-electron chi connectivity index (χ2n) is 7.05. The maximum Gasteiger partial charge on any atom is 0.250 e. The van der Waals surface area contributed by atoms with Gasteiger partial charge < -0.3 is 9.74 Å². The molecule has 0 aromatic heterocycles. The summed E-state index contributed by atoms with van der Waals surface area (Å²) in [5, 5.41) is 3.57. The fourth-order valence-electron chi connectivity index (χ4n) is 1.64. The molecule has 0 unspecified atom stereocenters. The summed E-state index contributed by atoms with van der Waals surface area (Å²) in [5.74, 6) is 0.747. The van der Waals surface area contributed by atoms with Crippen LogP contribution >= 0.6 is 0 Å². The van der Waals surface area contributed by atoms with Crippen molar-refractivity contribution in [1.29, 1.82) is 0 Å². The first-order chi connectivity index (χ1) is 9.56. The molecule has 1 aromatic rings. The topological polar surface area (TPSA) is 21.3 Å². The molecule has 0 saturated heterocycles. The van der Waals surface area contributed by atoms with Gasteiger partial charge in [0, 0.05) is 5.69 Å². The second-order valence-corrected chi connectivity index (χ2v) is 11.8.